The number of hydrogen-bond acceptors (Lipinski definition) is 4. The van der Waals surface area contributed by atoms with E-state index >= 15 is 0 Å². The molecule has 2 heterocycles. The zero-order valence-electron chi connectivity index (χ0n) is 7.96. The molecule has 0 N–H and O–H groups in total. The molecule has 76 valence electrons. The van der Waals surface area contributed by atoms with Crippen LogP contribution in [-0.2, 0) is 18.5 Å². The van der Waals surface area contributed by atoms with Gasteiger partial charge in [-0.1, -0.05) is 0 Å². The predicted octanol–water partition coefficient (Wildman–Crippen LogP) is 1.31. The van der Waals surface area contributed by atoms with Gasteiger partial charge in [-0.2, -0.15) is 0 Å². The molecule has 2 saturated heterocycles. The number of rotatable bonds is 0. The SMILES string of the molecule is CC1(C)OCC2(COPOC2)CO1. The van der Waals surface area contributed by atoms with E-state index in [4.69, 9.17) is 18.5 Å². The molecule has 0 unspecified atom stereocenters. The van der Waals surface area contributed by atoms with Crippen LogP contribution in [0.5, 0.6) is 0 Å². The first-order chi connectivity index (χ1) is 6.12. The molecule has 0 bridgehead atoms. The number of ether oxygens (including phenoxy) is 2. The Balaban J connectivity index is 1.95. The molecule has 0 saturated carbocycles. The highest BCUT2D eigenvalue weighted by molar-refractivity contribution is 7.26. The van der Waals surface area contributed by atoms with Crippen LogP contribution < -0.4 is 0 Å². The van der Waals surface area contributed by atoms with E-state index in [1.807, 2.05) is 13.8 Å². The Kier molecular flexibility index (Phi) is 2.60. The van der Waals surface area contributed by atoms with E-state index in [9.17, 15) is 0 Å². The molecule has 1 spiro atoms. The predicted molar refractivity (Wildman–Crippen MR) is 48.6 cm³/mol. The maximum absolute atomic E-state index is 5.58. The van der Waals surface area contributed by atoms with Gasteiger partial charge in [-0.25, -0.2) is 0 Å². The van der Waals surface area contributed by atoms with Crippen LogP contribution in [0.15, 0.2) is 0 Å². The average Bonchev–Trinajstić information content (AvgIpc) is 2.13. The van der Waals surface area contributed by atoms with Crippen molar-refractivity contribution in [3.8, 4) is 0 Å². The highest BCUT2D eigenvalue weighted by Crippen LogP contribution is 2.37. The molecule has 0 amide bonds. The monoisotopic (exact) mass is 206 g/mol. The van der Waals surface area contributed by atoms with Crippen molar-refractivity contribution in [2.24, 2.45) is 5.41 Å². The summed E-state index contributed by atoms with van der Waals surface area (Å²) >= 11 is 0. The highest BCUT2D eigenvalue weighted by Gasteiger charge is 2.42. The molecule has 0 aromatic rings. The van der Waals surface area contributed by atoms with Crippen molar-refractivity contribution in [2.75, 3.05) is 26.4 Å². The molecule has 0 aliphatic carbocycles. The van der Waals surface area contributed by atoms with Gasteiger partial charge in [0, 0.05) is 0 Å². The van der Waals surface area contributed by atoms with Gasteiger partial charge in [0.05, 0.1) is 31.8 Å². The van der Waals surface area contributed by atoms with Gasteiger partial charge in [0.1, 0.15) is 0 Å². The summed E-state index contributed by atoms with van der Waals surface area (Å²) in [4.78, 5) is 0. The van der Waals surface area contributed by atoms with E-state index in [-0.39, 0.29) is 14.4 Å². The summed E-state index contributed by atoms with van der Waals surface area (Å²) in [5.74, 6) is -0.453. The van der Waals surface area contributed by atoms with Crippen LogP contribution in [0.25, 0.3) is 0 Å². The van der Waals surface area contributed by atoms with Gasteiger partial charge in [0.15, 0.2) is 14.8 Å². The van der Waals surface area contributed by atoms with Gasteiger partial charge in [0.2, 0.25) is 0 Å². The third kappa shape index (κ3) is 2.20. The fraction of sp³-hybridized carbons (Fsp3) is 1.00. The molecule has 13 heavy (non-hydrogen) atoms. The molecule has 2 rings (SSSR count). The van der Waals surface area contributed by atoms with Crippen molar-refractivity contribution in [1.29, 1.82) is 0 Å². The van der Waals surface area contributed by atoms with Crippen LogP contribution in [0.1, 0.15) is 13.8 Å². The minimum Gasteiger partial charge on any atom is -0.350 e. The van der Waals surface area contributed by atoms with E-state index in [1.54, 1.807) is 0 Å². The van der Waals surface area contributed by atoms with E-state index in [1.165, 1.54) is 0 Å². The molecule has 2 aliphatic heterocycles. The maximum Gasteiger partial charge on any atom is 0.162 e. The molecule has 0 atom stereocenters. The Morgan fingerprint density at radius 1 is 0.923 bits per heavy atom. The maximum atomic E-state index is 5.58. The van der Waals surface area contributed by atoms with Crippen LogP contribution in [0.4, 0.5) is 0 Å². The Labute approximate surface area is 79.8 Å². The van der Waals surface area contributed by atoms with Gasteiger partial charge >= 0.3 is 0 Å². The second-order valence-corrected chi connectivity index (χ2v) is 4.88. The number of hydrogen-bond donors (Lipinski definition) is 0. The van der Waals surface area contributed by atoms with Gasteiger partial charge in [-0.3, -0.25) is 0 Å². The van der Waals surface area contributed by atoms with E-state index in [2.05, 4.69) is 0 Å². The van der Waals surface area contributed by atoms with Crippen molar-refractivity contribution in [1.82, 2.24) is 0 Å². The smallest absolute Gasteiger partial charge is 0.162 e. The first-order valence-electron chi connectivity index (χ1n) is 4.39. The summed E-state index contributed by atoms with van der Waals surface area (Å²) in [5.41, 5.74) is -0.0687. The van der Waals surface area contributed by atoms with Crippen molar-refractivity contribution in [2.45, 2.75) is 19.6 Å². The standard InChI is InChI=1S/C8H15O4P/c1-7(2)9-3-8(4-10-7)5-11-13-12-6-8/h13H,3-6H2,1-2H3. The summed E-state index contributed by atoms with van der Waals surface area (Å²) in [6.07, 6.45) is 0. The van der Waals surface area contributed by atoms with Crippen LogP contribution in [0.3, 0.4) is 0 Å². The summed E-state index contributed by atoms with van der Waals surface area (Å²) in [6, 6.07) is 0. The lowest BCUT2D eigenvalue weighted by Gasteiger charge is -2.44. The first-order valence-corrected chi connectivity index (χ1v) is 5.20. The average molecular weight is 206 g/mol. The second kappa shape index (κ2) is 3.44. The van der Waals surface area contributed by atoms with Crippen LogP contribution in [0, 0.1) is 5.41 Å². The normalized spacial score (nSPS) is 31.8. The van der Waals surface area contributed by atoms with Gasteiger partial charge in [-0.15, -0.1) is 0 Å². The molecule has 4 nitrogen and oxygen atoms in total. The molecule has 2 fully saturated rings. The topological polar surface area (TPSA) is 36.9 Å². The van der Waals surface area contributed by atoms with E-state index in [0.717, 1.165) is 0 Å². The van der Waals surface area contributed by atoms with Crippen LogP contribution in [0.2, 0.25) is 0 Å². The first kappa shape index (κ1) is 9.81. The van der Waals surface area contributed by atoms with Gasteiger partial charge < -0.3 is 18.5 Å². The zero-order valence-corrected chi connectivity index (χ0v) is 8.96. The summed E-state index contributed by atoms with van der Waals surface area (Å²) in [7, 11) is 0.175. The Morgan fingerprint density at radius 2 is 1.46 bits per heavy atom. The Hall–Kier alpha value is 0.270. The third-order valence-corrected chi connectivity index (χ3v) is 2.85. The van der Waals surface area contributed by atoms with Gasteiger partial charge in [-0.05, 0) is 13.8 Å². The summed E-state index contributed by atoms with van der Waals surface area (Å²) in [5, 5.41) is 0. The third-order valence-electron chi connectivity index (χ3n) is 2.33. The molecular formula is C8H15O4P. The zero-order chi connectivity index (χ0) is 9.36. The molecule has 0 radical (unpaired) electrons. The van der Waals surface area contributed by atoms with Crippen molar-refractivity contribution in [3.63, 3.8) is 0 Å². The quantitative estimate of drug-likeness (QED) is 0.560. The van der Waals surface area contributed by atoms with Gasteiger partial charge in [0.25, 0.3) is 0 Å². The highest BCUT2D eigenvalue weighted by atomic mass is 31.1. The summed E-state index contributed by atoms with van der Waals surface area (Å²) in [6.45, 7) is 6.52. The molecule has 2 aliphatic rings. The lowest BCUT2D eigenvalue weighted by atomic mass is 9.91. The molecule has 5 heteroatoms. The lowest BCUT2D eigenvalue weighted by molar-refractivity contribution is -0.295. The van der Waals surface area contributed by atoms with Crippen LogP contribution >= 0.6 is 9.03 Å². The fourth-order valence-electron chi connectivity index (χ4n) is 1.35. The fourth-order valence-corrected chi connectivity index (χ4v) is 2.17. The van der Waals surface area contributed by atoms with E-state index in [0.29, 0.717) is 26.4 Å². The van der Waals surface area contributed by atoms with Crippen molar-refractivity contribution in [3.05, 3.63) is 0 Å². The largest absolute Gasteiger partial charge is 0.350 e. The second-order valence-electron chi connectivity index (χ2n) is 4.14. The lowest BCUT2D eigenvalue weighted by Crippen LogP contribution is -2.51. The molecule has 0 aromatic carbocycles. The molecule has 0 aromatic heterocycles. The van der Waals surface area contributed by atoms with Crippen molar-refractivity contribution >= 4 is 9.03 Å². The van der Waals surface area contributed by atoms with Crippen molar-refractivity contribution < 1.29 is 18.5 Å². The molecular weight excluding hydrogens is 191 g/mol. The Bertz CT molecular complexity index is 177. The minimum absolute atomic E-state index is 0.0687. The van der Waals surface area contributed by atoms with E-state index < -0.39 is 5.79 Å². The summed E-state index contributed by atoms with van der Waals surface area (Å²) < 4.78 is 21.7. The van der Waals surface area contributed by atoms with Crippen LogP contribution in [-0.4, -0.2) is 32.2 Å². The Morgan fingerprint density at radius 3 is 2.00 bits per heavy atom. The minimum atomic E-state index is -0.453.